The van der Waals surface area contributed by atoms with Crippen LogP contribution in [0.4, 0.5) is 5.69 Å². The number of carbonyl (C=O) groups is 1. The zero-order valence-electron chi connectivity index (χ0n) is 16.9. The molecule has 3 rings (SSSR count). The summed E-state index contributed by atoms with van der Waals surface area (Å²) in [4.78, 5) is 24.5. The SMILES string of the molecule is CCn1c(=O)sc2cc(NC(=O)C(C)Oc3ccc(C(C)(C)C)cc3)ccc21. The molecule has 0 aliphatic heterocycles. The van der Waals surface area contributed by atoms with Gasteiger partial charge in [-0.1, -0.05) is 44.2 Å². The minimum Gasteiger partial charge on any atom is -0.481 e. The predicted octanol–water partition coefficient (Wildman–Crippen LogP) is 4.79. The van der Waals surface area contributed by atoms with Crippen molar-refractivity contribution >= 4 is 33.1 Å². The molecule has 2 aromatic carbocycles. The molecule has 0 radical (unpaired) electrons. The third-order valence-corrected chi connectivity index (χ3v) is 5.60. The van der Waals surface area contributed by atoms with E-state index in [-0.39, 0.29) is 16.2 Å². The van der Waals surface area contributed by atoms with Crippen LogP contribution < -0.4 is 14.9 Å². The summed E-state index contributed by atoms with van der Waals surface area (Å²) in [6.07, 6.45) is -0.643. The lowest BCUT2D eigenvalue weighted by Crippen LogP contribution is -2.30. The molecule has 0 aliphatic carbocycles. The highest BCUT2D eigenvalue weighted by atomic mass is 32.1. The highest BCUT2D eigenvalue weighted by Gasteiger charge is 2.17. The van der Waals surface area contributed by atoms with Crippen molar-refractivity contribution < 1.29 is 9.53 Å². The molecule has 0 spiro atoms. The standard InChI is InChI=1S/C22H26N2O3S/c1-6-24-18-12-9-16(13-19(18)28-21(24)26)23-20(25)14(2)27-17-10-7-15(8-11-17)22(3,4)5/h7-14H,6H2,1-5H3,(H,23,25). The zero-order valence-corrected chi connectivity index (χ0v) is 17.7. The Morgan fingerprint density at radius 3 is 2.46 bits per heavy atom. The van der Waals surface area contributed by atoms with Crippen LogP contribution in [-0.2, 0) is 16.8 Å². The van der Waals surface area contributed by atoms with Gasteiger partial charge in [-0.25, -0.2) is 0 Å². The first-order valence-corrected chi connectivity index (χ1v) is 10.2. The van der Waals surface area contributed by atoms with Gasteiger partial charge in [0.15, 0.2) is 6.10 Å². The molecule has 0 bridgehead atoms. The summed E-state index contributed by atoms with van der Waals surface area (Å²) in [5.41, 5.74) is 2.82. The van der Waals surface area contributed by atoms with Crippen LogP contribution in [-0.4, -0.2) is 16.6 Å². The number of hydrogen-bond donors (Lipinski definition) is 1. The molecule has 0 saturated carbocycles. The molecule has 1 amide bonds. The number of ether oxygens (including phenoxy) is 1. The number of hydrogen-bond acceptors (Lipinski definition) is 4. The number of amides is 1. The maximum absolute atomic E-state index is 12.5. The fraction of sp³-hybridized carbons (Fsp3) is 0.364. The summed E-state index contributed by atoms with van der Waals surface area (Å²) in [6.45, 7) is 10.8. The summed E-state index contributed by atoms with van der Waals surface area (Å²) in [5, 5.41) is 2.87. The number of fused-ring (bicyclic) bond motifs is 1. The first kappa shape index (κ1) is 20.1. The minimum atomic E-state index is -0.643. The minimum absolute atomic E-state index is 0.0105. The van der Waals surface area contributed by atoms with Crippen molar-refractivity contribution in [3.8, 4) is 5.75 Å². The Kier molecular flexibility index (Phi) is 5.61. The third-order valence-electron chi connectivity index (χ3n) is 4.65. The lowest BCUT2D eigenvalue weighted by Gasteiger charge is -2.20. The van der Waals surface area contributed by atoms with Crippen molar-refractivity contribution in [3.63, 3.8) is 0 Å². The normalized spacial score (nSPS) is 12.8. The summed E-state index contributed by atoms with van der Waals surface area (Å²) < 4.78 is 8.36. The molecule has 3 aromatic rings. The van der Waals surface area contributed by atoms with Crippen LogP contribution in [0.3, 0.4) is 0 Å². The number of nitrogens with zero attached hydrogens (tertiary/aromatic N) is 1. The van der Waals surface area contributed by atoms with Crippen LogP contribution in [0.25, 0.3) is 10.2 Å². The number of aromatic nitrogens is 1. The second-order valence-corrected chi connectivity index (χ2v) is 8.81. The summed E-state index contributed by atoms with van der Waals surface area (Å²) in [5.74, 6) is 0.422. The Hall–Kier alpha value is -2.60. The highest BCUT2D eigenvalue weighted by molar-refractivity contribution is 7.16. The van der Waals surface area contributed by atoms with Gasteiger partial charge in [-0.3, -0.25) is 14.2 Å². The van der Waals surface area contributed by atoms with E-state index in [9.17, 15) is 9.59 Å². The van der Waals surface area contributed by atoms with Gasteiger partial charge >= 0.3 is 4.87 Å². The molecule has 5 nitrogen and oxygen atoms in total. The molecule has 6 heteroatoms. The molecule has 1 atom stereocenters. The molecular weight excluding hydrogens is 372 g/mol. The fourth-order valence-corrected chi connectivity index (χ4v) is 3.97. The number of benzene rings is 2. The van der Waals surface area contributed by atoms with Crippen molar-refractivity contribution in [2.45, 2.75) is 52.7 Å². The van der Waals surface area contributed by atoms with Crippen molar-refractivity contribution in [2.24, 2.45) is 0 Å². The summed E-state index contributed by atoms with van der Waals surface area (Å²) >= 11 is 1.18. The van der Waals surface area contributed by atoms with Crippen molar-refractivity contribution in [1.82, 2.24) is 4.57 Å². The van der Waals surface area contributed by atoms with Crippen LogP contribution >= 0.6 is 11.3 Å². The molecule has 148 valence electrons. The number of rotatable bonds is 5. The highest BCUT2D eigenvalue weighted by Crippen LogP contribution is 2.25. The summed E-state index contributed by atoms with van der Waals surface area (Å²) in [6, 6.07) is 13.3. The van der Waals surface area contributed by atoms with E-state index in [0.717, 1.165) is 10.2 Å². The van der Waals surface area contributed by atoms with E-state index in [1.165, 1.54) is 16.9 Å². The number of carbonyl (C=O) groups excluding carboxylic acids is 1. The van der Waals surface area contributed by atoms with E-state index >= 15 is 0 Å². The van der Waals surface area contributed by atoms with Gasteiger partial charge in [0.1, 0.15) is 5.75 Å². The van der Waals surface area contributed by atoms with E-state index in [4.69, 9.17) is 4.74 Å². The Bertz CT molecular complexity index is 1040. The Balaban J connectivity index is 1.68. The third kappa shape index (κ3) is 4.28. The monoisotopic (exact) mass is 398 g/mol. The van der Waals surface area contributed by atoms with E-state index < -0.39 is 6.10 Å². The van der Waals surface area contributed by atoms with E-state index in [1.54, 1.807) is 11.5 Å². The molecule has 1 aromatic heterocycles. The van der Waals surface area contributed by atoms with Crippen molar-refractivity contribution in [2.75, 3.05) is 5.32 Å². The topological polar surface area (TPSA) is 60.3 Å². The van der Waals surface area contributed by atoms with Crippen molar-refractivity contribution in [3.05, 3.63) is 57.7 Å². The van der Waals surface area contributed by atoms with Gasteiger partial charge in [0.25, 0.3) is 5.91 Å². The van der Waals surface area contributed by atoms with Crippen molar-refractivity contribution in [1.29, 1.82) is 0 Å². The van der Waals surface area contributed by atoms with Gasteiger partial charge in [-0.2, -0.15) is 0 Å². The Morgan fingerprint density at radius 1 is 1.18 bits per heavy atom. The Labute approximate surface area is 169 Å². The largest absolute Gasteiger partial charge is 0.481 e. The van der Waals surface area contributed by atoms with Crippen LogP contribution in [0.1, 0.15) is 40.2 Å². The molecule has 1 heterocycles. The van der Waals surface area contributed by atoms with Gasteiger partial charge in [-0.15, -0.1) is 0 Å². The van der Waals surface area contributed by atoms with Crippen LogP contribution in [0.5, 0.6) is 5.75 Å². The lowest BCUT2D eigenvalue weighted by atomic mass is 9.87. The van der Waals surface area contributed by atoms with Gasteiger partial charge < -0.3 is 10.1 Å². The van der Waals surface area contributed by atoms with Crippen LogP contribution in [0.2, 0.25) is 0 Å². The van der Waals surface area contributed by atoms with E-state index in [0.29, 0.717) is 18.0 Å². The maximum Gasteiger partial charge on any atom is 0.308 e. The second-order valence-electron chi connectivity index (χ2n) is 7.82. The molecule has 1 unspecified atom stereocenters. The Morgan fingerprint density at radius 2 is 1.86 bits per heavy atom. The second kappa shape index (κ2) is 7.80. The number of anilines is 1. The number of aryl methyl sites for hydroxylation is 1. The van der Waals surface area contributed by atoms with Crippen LogP contribution in [0.15, 0.2) is 47.3 Å². The maximum atomic E-state index is 12.5. The fourth-order valence-electron chi connectivity index (χ4n) is 2.98. The van der Waals surface area contributed by atoms with Gasteiger partial charge in [0, 0.05) is 12.2 Å². The molecule has 28 heavy (non-hydrogen) atoms. The van der Waals surface area contributed by atoms with E-state index in [1.807, 2.05) is 49.4 Å². The number of thiazole rings is 1. The van der Waals surface area contributed by atoms with Gasteiger partial charge in [-0.05, 0) is 55.2 Å². The smallest absolute Gasteiger partial charge is 0.308 e. The quantitative estimate of drug-likeness (QED) is 0.672. The molecule has 0 fully saturated rings. The zero-order chi connectivity index (χ0) is 20.5. The molecule has 0 saturated heterocycles. The van der Waals surface area contributed by atoms with Gasteiger partial charge in [0.05, 0.1) is 10.2 Å². The molecule has 0 aliphatic rings. The number of nitrogens with one attached hydrogen (secondary N) is 1. The molecular formula is C22H26N2O3S. The van der Waals surface area contributed by atoms with Crippen LogP contribution in [0, 0.1) is 0 Å². The van der Waals surface area contributed by atoms with E-state index in [2.05, 4.69) is 26.1 Å². The molecule has 1 N–H and O–H groups in total. The first-order valence-electron chi connectivity index (χ1n) is 9.40. The van der Waals surface area contributed by atoms with Gasteiger partial charge in [0.2, 0.25) is 0 Å². The average Bonchev–Trinajstić information content (AvgIpc) is 2.95. The summed E-state index contributed by atoms with van der Waals surface area (Å²) in [7, 11) is 0. The first-order chi connectivity index (χ1) is 13.2. The predicted molar refractivity (Wildman–Crippen MR) is 116 cm³/mol. The average molecular weight is 399 g/mol. The lowest BCUT2D eigenvalue weighted by molar-refractivity contribution is -0.122.